The average molecular weight is 227 g/mol. The summed E-state index contributed by atoms with van der Waals surface area (Å²) >= 11 is 2.06. The molecule has 2 heterocycles. The zero-order valence-electron chi connectivity index (χ0n) is 9.18. The fourth-order valence-corrected chi connectivity index (χ4v) is 3.38. The Morgan fingerprint density at radius 2 is 2.53 bits per heavy atom. The highest BCUT2D eigenvalue weighted by molar-refractivity contribution is 8.00. The molecule has 0 saturated carbocycles. The lowest BCUT2D eigenvalue weighted by Gasteiger charge is -2.20. The maximum absolute atomic E-state index is 4.22. The summed E-state index contributed by atoms with van der Waals surface area (Å²) in [6.07, 6.45) is 3.51. The number of aromatic nitrogens is 4. The van der Waals surface area contributed by atoms with Crippen LogP contribution in [0.4, 0.5) is 0 Å². The molecule has 1 fully saturated rings. The van der Waals surface area contributed by atoms with Crippen molar-refractivity contribution in [3.05, 3.63) is 5.82 Å². The Labute approximate surface area is 94.0 Å². The van der Waals surface area contributed by atoms with Crippen molar-refractivity contribution in [2.24, 2.45) is 7.05 Å². The second-order valence-corrected chi connectivity index (χ2v) is 5.19. The molecule has 1 aromatic rings. The van der Waals surface area contributed by atoms with Crippen molar-refractivity contribution in [2.75, 3.05) is 12.8 Å². The highest BCUT2D eigenvalue weighted by Gasteiger charge is 2.25. The van der Waals surface area contributed by atoms with E-state index in [-0.39, 0.29) is 0 Å². The smallest absolute Gasteiger partial charge is 0.176 e. The molecule has 0 spiro atoms. The molecule has 84 valence electrons. The molecule has 1 saturated heterocycles. The molecule has 15 heavy (non-hydrogen) atoms. The Morgan fingerprint density at radius 1 is 1.67 bits per heavy atom. The van der Waals surface area contributed by atoms with Gasteiger partial charge in [-0.3, -0.25) is 0 Å². The van der Waals surface area contributed by atoms with E-state index in [0.29, 0.717) is 11.3 Å². The molecule has 1 aromatic heterocycles. The lowest BCUT2D eigenvalue weighted by Crippen LogP contribution is -2.36. The Balaban J connectivity index is 1.95. The Bertz CT molecular complexity index is 307. The molecule has 0 aliphatic carbocycles. The van der Waals surface area contributed by atoms with Crippen molar-refractivity contribution in [1.29, 1.82) is 0 Å². The van der Waals surface area contributed by atoms with Crippen molar-refractivity contribution in [1.82, 2.24) is 25.5 Å². The molecule has 2 atom stereocenters. The Morgan fingerprint density at radius 3 is 3.07 bits per heavy atom. The van der Waals surface area contributed by atoms with Gasteiger partial charge in [0.25, 0.3) is 0 Å². The van der Waals surface area contributed by atoms with Crippen LogP contribution in [0.1, 0.15) is 18.7 Å². The van der Waals surface area contributed by atoms with E-state index in [4.69, 9.17) is 0 Å². The van der Waals surface area contributed by atoms with Crippen molar-refractivity contribution in [3.8, 4) is 0 Å². The molecule has 0 amide bonds. The van der Waals surface area contributed by atoms with Gasteiger partial charge in [0.05, 0.1) is 7.05 Å². The molecule has 2 unspecified atom stereocenters. The number of tetrazole rings is 1. The quantitative estimate of drug-likeness (QED) is 0.798. The Hall–Kier alpha value is -0.620. The van der Waals surface area contributed by atoms with Gasteiger partial charge in [-0.25, -0.2) is 0 Å². The van der Waals surface area contributed by atoms with Gasteiger partial charge < -0.3 is 5.32 Å². The van der Waals surface area contributed by atoms with Gasteiger partial charge in [0, 0.05) is 17.7 Å². The molecule has 1 N–H and O–H groups in total. The van der Waals surface area contributed by atoms with Crippen molar-refractivity contribution in [3.63, 3.8) is 0 Å². The van der Waals surface area contributed by atoms with Gasteiger partial charge in [0.15, 0.2) is 5.82 Å². The second kappa shape index (κ2) is 4.94. The van der Waals surface area contributed by atoms with Gasteiger partial charge in [-0.1, -0.05) is 0 Å². The summed E-state index contributed by atoms with van der Waals surface area (Å²) in [6.45, 7) is 0. The van der Waals surface area contributed by atoms with E-state index >= 15 is 0 Å². The lowest BCUT2D eigenvalue weighted by molar-refractivity contribution is 0.511. The van der Waals surface area contributed by atoms with E-state index in [2.05, 4.69) is 32.5 Å². The van der Waals surface area contributed by atoms with Crippen LogP contribution in [0.2, 0.25) is 0 Å². The van der Waals surface area contributed by atoms with E-state index < -0.39 is 0 Å². The van der Waals surface area contributed by atoms with Crippen LogP contribution in [0.25, 0.3) is 0 Å². The summed E-state index contributed by atoms with van der Waals surface area (Å²) in [5, 5.41) is 16.2. The minimum absolute atomic E-state index is 0.474. The number of hydrogen-bond donors (Lipinski definition) is 1. The van der Waals surface area contributed by atoms with Crippen molar-refractivity contribution < 1.29 is 0 Å². The topological polar surface area (TPSA) is 55.6 Å². The van der Waals surface area contributed by atoms with Crippen LogP contribution in [0.5, 0.6) is 0 Å². The Kier molecular flexibility index (Phi) is 3.58. The molecule has 0 radical (unpaired) electrons. The largest absolute Gasteiger partial charge is 0.315 e. The molecule has 2 rings (SSSR count). The van der Waals surface area contributed by atoms with Crippen LogP contribution in [-0.4, -0.2) is 44.3 Å². The van der Waals surface area contributed by atoms with Gasteiger partial charge in [-0.15, -0.1) is 10.2 Å². The van der Waals surface area contributed by atoms with Gasteiger partial charge >= 0.3 is 0 Å². The zero-order valence-corrected chi connectivity index (χ0v) is 10.00. The first-order chi connectivity index (χ1) is 7.29. The number of aryl methyl sites for hydroxylation is 1. The van der Waals surface area contributed by atoms with Gasteiger partial charge in [-0.2, -0.15) is 16.6 Å². The predicted molar refractivity (Wildman–Crippen MR) is 60.8 cm³/mol. The summed E-state index contributed by atoms with van der Waals surface area (Å²) in [5.74, 6) is 2.13. The maximum atomic E-state index is 4.22. The molecule has 1 aliphatic heterocycles. The SMILES string of the molecule is CNC(Cc1nnn(C)n1)C1CCCS1. The number of rotatable bonds is 4. The fraction of sp³-hybridized carbons (Fsp3) is 0.889. The van der Waals surface area contributed by atoms with Gasteiger partial charge in [0.2, 0.25) is 0 Å². The van der Waals surface area contributed by atoms with Crippen LogP contribution in [0.3, 0.4) is 0 Å². The molecular weight excluding hydrogens is 210 g/mol. The van der Waals surface area contributed by atoms with E-state index in [1.165, 1.54) is 23.4 Å². The van der Waals surface area contributed by atoms with E-state index in [9.17, 15) is 0 Å². The standard InChI is InChI=1S/C9H17N5S/c1-10-7(8-4-3-5-15-8)6-9-11-13-14(2)12-9/h7-8,10H,3-6H2,1-2H3. The lowest BCUT2D eigenvalue weighted by atomic mass is 10.1. The van der Waals surface area contributed by atoms with Crippen LogP contribution < -0.4 is 5.32 Å². The summed E-state index contributed by atoms with van der Waals surface area (Å²) < 4.78 is 0. The molecule has 0 aromatic carbocycles. The van der Waals surface area contributed by atoms with E-state index in [1.54, 1.807) is 7.05 Å². The van der Waals surface area contributed by atoms with Crippen molar-refractivity contribution in [2.45, 2.75) is 30.6 Å². The second-order valence-electron chi connectivity index (χ2n) is 3.85. The number of nitrogens with one attached hydrogen (secondary N) is 1. The molecule has 6 heteroatoms. The first-order valence-electron chi connectivity index (χ1n) is 5.31. The molecular formula is C9H17N5S. The van der Waals surface area contributed by atoms with Crippen LogP contribution in [-0.2, 0) is 13.5 Å². The van der Waals surface area contributed by atoms with Gasteiger partial charge in [0.1, 0.15) is 0 Å². The first-order valence-corrected chi connectivity index (χ1v) is 6.36. The van der Waals surface area contributed by atoms with Gasteiger partial charge in [-0.05, 0) is 30.9 Å². The minimum atomic E-state index is 0.474. The minimum Gasteiger partial charge on any atom is -0.315 e. The fourth-order valence-electron chi connectivity index (χ4n) is 1.94. The molecule has 1 aliphatic rings. The summed E-state index contributed by atoms with van der Waals surface area (Å²) in [6, 6.07) is 0.474. The number of thioether (sulfide) groups is 1. The average Bonchev–Trinajstić information content (AvgIpc) is 2.85. The number of likely N-dealkylation sites (N-methyl/N-ethyl adjacent to an activating group) is 1. The highest BCUT2D eigenvalue weighted by atomic mass is 32.2. The molecule has 5 nitrogen and oxygen atoms in total. The third-order valence-corrected chi connectivity index (χ3v) is 4.25. The summed E-state index contributed by atoms with van der Waals surface area (Å²) in [4.78, 5) is 1.52. The number of nitrogens with zero attached hydrogens (tertiary/aromatic N) is 4. The summed E-state index contributed by atoms with van der Waals surface area (Å²) in [7, 11) is 3.81. The highest BCUT2D eigenvalue weighted by Crippen LogP contribution is 2.29. The van der Waals surface area contributed by atoms with Crippen LogP contribution in [0, 0.1) is 0 Å². The first kappa shape index (κ1) is 10.9. The third-order valence-electron chi connectivity index (χ3n) is 2.74. The number of hydrogen-bond acceptors (Lipinski definition) is 5. The predicted octanol–water partition coefficient (Wildman–Crippen LogP) is 0.236. The van der Waals surface area contributed by atoms with Crippen LogP contribution in [0.15, 0.2) is 0 Å². The monoisotopic (exact) mass is 227 g/mol. The maximum Gasteiger partial charge on any atom is 0.176 e. The zero-order chi connectivity index (χ0) is 10.7. The van der Waals surface area contributed by atoms with E-state index in [1.807, 2.05) is 7.05 Å². The third kappa shape index (κ3) is 2.69. The molecule has 0 bridgehead atoms. The van der Waals surface area contributed by atoms with Crippen molar-refractivity contribution >= 4 is 11.8 Å². The van der Waals surface area contributed by atoms with Crippen LogP contribution >= 0.6 is 11.8 Å². The normalized spacial score (nSPS) is 23.2. The summed E-state index contributed by atoms with van der Waals surface area (Å²) in [5.41, 5.74) is 0. The van der Waals surface area contributed by atoms with E-state index in [0.717, 1.165) is 12.2 Å².